The summed E-state index contributed by atoms with van der Waals surface area (Å²) in [6.45, 7) is 1.40. The van der Waals surface area contributed by atoms with Crippen molar-refractivity contribution in [1.29, 1.82) is 0 Å². The molecule has 7 nitrogen and oxygen atoms in total. The minimum Gasteiger partial charge on any atom is -0.399 e. The Morgan fingerprint density at radius 2 is 1.70 bits per heavy atom. The number of benzene rings is 1. The highest BCUT2D eigenvalue weighted by Gasteiger charge is 2.27. The first kappa shape index (κ1) is 14.6. The molecule has 110 valence electrons. The molecule has 1 fully saturated rings. The lowest BCUT2D eigenvalue weighted by Gasteiger charge is -2.20. The van der Waals surface area contributed by atoms with Gasteiger partial charge in [0.15, 0.2) is 0 Å². The molecular weight excluding hydrogens is 280 g/mol. The van der Waals surface area contributed by atoms with E-state index in [1.807, 2.05) is 0 Å². The molecule has 2 amide bonds. The Bertz CT molecular complexity index is 585. The van der Waals surface area contributed by atoms with Crippen LogP contribution in [0.3, 0.4) is 0 Å². The molecule has 1 aliphatic heterocycles. The first-order chi connectivity index (χ1) is 9.41. The van der Waals surface area contributed by atoms with Crippen molar-refractivity contribution in [2.75, 3.05) is 31.9 Å². The van der Waals surface area contributed by atoms with Gasteiger partial charge in [0.05, 0.1) is 4.90 Å². The van der Waals surface area contributed by atoms with Gasteiger partial charge in [0.25, 0.3) is 0 Å². The summed E-state index contributed by atoms with van der Waals surface area (Å²) in [5.74, 6) is 0. The predicted molar refractivity (Wildman–Crippen MR) is 75.4 cm³/mol. The van der Waals surface area contributed by atoms with Gasteiger partial charge in [-0.3, -0.25) is 0 Å². The average Bonchev–Trinajstić information content (AvgIpc) is 2.65. The molecule has 1 heterocycles. The molecule has 0 spiro atoms. The van der Waals surface area contributed by atoms with E-state index in [4.69, 9.17) is 11.5 Å². The second kappa shape index (κ2) is 5.68. The number of hydrogen-bond donors (Lipinski definition) is 2. The lowest BCUT2D eigenvalue weighted by Crippen LogP contribution is -2.39. The van der Waals surface area contributed by atoms with E-state index in [1.165, 1.54) is 21.3 Å². The largest absolute Gasteiger partial charge is 0.399 e. The van der Waals surface area contributed by atoms with Crippen molar-refractivity contribution in [1.82, 2.24) is 9.21 Å². The van der Waals surface area contributed by atoms with Crippen molar-refractivity contribution in [2.45, 2.75) is 11.3 Å². The van der Waals surface area contributed by atoms with E-state index in [-0.39, 0.29) is 11.4 Å². The molecule has 0 radical (unpaired) electrons. The summed E-state index contributed by atoms with van der Waals surface area (Å²) in [4.78, 5) is 12.8. The van der Waals surface area contributed by atoms with Gasteiger partial charge in [-0.1, -0.05) is 0 Å². The SMILES string of the molecule is NC(=O)N1CCCN(S(=O)(=O)c2ccc(N)cc2)CC1. The number of urea groups is 1. The highest BCUT2D eigenvalue weighted by molar-refractivity contribution is 7.89. The van der Waals surface area contributed by atoms with E-state index in [1.54, 1.807) is 12.1 Å². The Balaban J connectivity index is 2.18. The van der Waals surface area contributed by atoms with E-state index in [0.29, 0.717) is 31.7 Å². The van der Waals surface area contributed by atoms with E-state index in [0.717, 1.165) is 0 Å². The van der Waals surface area contributed by atoms with Crippen molar-refractivity contribution in [3.05, 3.63) is 24.3 Å². The Kier molecular flexibility index (Phi) is 4.15. The lowest BCUT2D eigenvalue weighted by atomic mass is 10.3. The van der Waals surface area contributed by atoms with E-state index in [9.17, 15) is 13.2 Å². The van der Waals surface area contributed by atoms with Crippen molar-refractivity contribution in [3.8, 4) is 0 Å². The van der Waals surface area contributed by atoms with E-state index in [2.05, 4.69) is 0 Å². The zero-order valence-corrected chi connectivity index (χ0v) is 11.8. The molecule has 1 aliphatic rings. The number of carbonyl (C=O) groups excluding carboxylic acids is 1. The van der Waals surface area contributed by atoms with Crippen molar-refractivity contribution < 1.29 is 13.2 Å². The topological polar surface area (TPSA) is 110 Å². The normalized spacial score (nSPS) is 17.7. The Hall–Kier alpha value is -1.80. The van der Waals surface area contributed by atoms with E-state index >= 15 is 0 Å². The summed E-state index contributed by atoms with van der Waals surface area (Å²) >= 11 is 0. The van der Waals surface area contributed by atoms with Crippen LogP contribution in [0.4, 0.5) is 10.5 Å². The van der Waals surface area contributed by atoms with Gasteiger partial charge in [-0.15, -0.1) is 0 Å². The molecule has 0 bridgehead atoms. The van der Waals surface area contributed by atoms with Crippen molar-refractivity contribution in [2.24, 2.45) is 5.73 Å². The summed E-state index contributed by atoms with van der Waals surface area (Å²) in [5.41, 5.74) is 11.3. The second-order valence-corrected chi connectivity index (χ2v) is 6.59. The predicted octanol–water partition coefficient (Wildman–Crippen LogP) is 0.0439. The van der Waals surface area contributed by atoms with Crippen LogP contribution in [-0.2, 0) is 10.0 Å². The van der Waals surface area contributed by atoms with Crippen molar-refractivity contribution in [3.63, 3.8) is 0 Å². The Morgan fingerprint density at radius 1 is 1.05 bits per heavy atom. The fourth-order valence-electron chi connectivity index (χ4n) is 2.14. The van der Waals surface area contributed by atoms with Gasteiger partial charge in [-0.25, -0.2) is 13.2 Å². The van der Waals surface area contributed by atoms with Crippen LogP contribution in [0.15, 0.2) is 29.2 Å². The maximum Gasteiger partial charge on any atom is 0.314 e. The van der Waals surface area contributed by atoms with Crippen LogP contribution in [0.5, 0.6) is 0 Å². The number of sulfonamides is 1. The van der Waals surface area contributed by atoms with Crippen LogP contribution in [0.25, 0.3) is 0 Å². The monoisotopic (exact) mass is 298 g/mol. The smallest absolute Gasteiger partial charge is 0.314 e. The number of amides is 2. The van der Waals surface area contributed by atoms with Gasteiger partial charge < -0.3 is 16.4 Å². The molecule has 0 aromatic heterocycles. The maximum absolute atomic E-state index is 12.5. The number of nitrogens with two attached hydrogens (primary N) is 2. The summed E-state index contributed by atoms with van der Waals surface area (Å²) < 4.78 is 26.3. The minimum absolute atomic E-state index is 0.208. The van der Waals surface area contributed by atoms with Crippen LogP contribution in [0, 0.1) is 0 Å². The van der Waals surface area contributed by atoms with Gasteiger partial charge in [0.1, 0.15) is 0 Å². The van der Waals surface area contributed by atoms with Gasteiger partial charge in [0, 0.05) is 31.9 Å². The van der Waals surface area contributed by atoms with Crippen LogP contribution >= 0.6 is 0 Å². The van der Waals surface area contributed by atoms with Crippen molar-refractivity contribution >= 4 is 21.7 Å². The first-order valence-electron chi connectivity index (χ1n) is 6.31. The number of nitrogens with zero attached hydrogens (tertiary/aromatic N) is 2. The van der Waals surface area contributed by atoms with Gasteiger partial charge in [0.2, 0.25) is 10.0 Å². The number of primary amides is 1. The summed E-state index contributed by atoms with van der Waals surface area (Å²) in [6, 6.07) is 5.57. The standard InChI is InChI=1S/C12H18N4O3S/c13-10-2-4-11(5-3-10)20(18,19)16-7-1-6-15(8-9-16)12(14)17/h2-5H,1,6-9,13H2,(H2,14,17). The molecule has 0 atom stereocenters. The van der Waals surface area contributed by atoms with E-state index < -0.39 is 16.1 Å². The molecular formula is C12H18N4O3S. The Morgan fingerprint density at radius 3 is 2.30 bits per heavy atom. The number of nitrogen functional groups attached to an aromatic ring is 1. The highest BCUT2D eigenvalue weighted by atomic mass is 32.2. The third kappa shape index (κ3) is 3.02. The number of hydrogen-bond acceptors (Lipinski definition) is 4. The molecule has 1 aromatic carbocycles. The molecule has 20 heavy (non-hydrogen) atoms. The minimum atomic E-state index is -3.55. The van der Waals surface area contributed by atoms with Gasteiger partial charge in [-0.05, 0) is 30.7 Å². The number of anilines is 1. The molecule has 4 N–H and O–H groups in total. The molecule has 8 heteroatoms. The third-order valence-electron chi connectivity index (χ3n) is 3.28. The summed E-state index contributed by atoms with van der Waals surface area (Å²) in [6.07, 6.45) is 0.567. The zero-order valence-electron chi connectivity index (χ0n) is 11.0. The molecule has 0 aliphatic carbocycles. The summed E-state index contributed by atoms with van der Waals surface area (Å²) in [7, 11) is -3.55. The molecule has 2 rings (SSSR count). The first-order valence-corrected chi connectivity index (χ1v) is 7.75. The fraction of sp³-hybridized carbons (Fsp3) is 0.417. The van der Waals surface area contributed by atoms with Crippen LogP contribution in [0.2, 0.25) is 0 Å². The lowest BCUT2D eigenvalue weighted by molar-refractivity contribution is 0.210. The number of rotatable bonds is 2. The molecule has 1 saturated heterocycles. The number of carbonyl (C=O) groups is 1. The average molecular weight is 298 g/mol. The fourth-order valence-corrected chi connectivity index (χ4v) is 3.61. The highest BCUT2D eigenvalue weighted by Crippen LogP contribution is 2.18. The molecule has 0 saturated carbocycles. The molecule has 1 aromatic rings. The maximum atomic E-state index is 12.5. The van der Waals surface area contributed by atoms with Crippen LogP contribution in [0.1, 0.15) is 6.42 Å². The van der Waals surface area contributed by atoms with Crippen LogP contribution < -0.4 is 11.5 Å². The third-order valence-corrected chi connectivity index (χ3v) is 5.20. The zero-order chi connectivity index (χ0) is 14.8. The van der Waals surface area contributed by atoms with Crippen LogP contribution in [-0.4, -0.2) is 49.8 Å². The van der Waals surface area contributed by atoms with Gasteiger partial charge in [-0.2, -0.15) is 4.31 Å². The summed E-state index contributed by atoms with van der Waals surface area (Å²) in [5, 5.41) is 0. The van der Waals surface area contributed by atoms with Gasteiger partial charge >= 0.3 is 6.03 Å². The second-order valence-electron chi connectivity index (χ2n) is 4.65. The molecule has 0 unspecified atom stereocenters. The quantitative estimate of drug-likeness (QED) is 0.751. The Labute approximate surface area is 118 Å².